The summed E-state index contributed by atoms with van der Waals surface area (Å²) in [5.74, 6) is -0.874. The van der Waals surface area contributed by atoms with Gasteiger partial charge in [-0.15, -0.1) is 11.3 Å². The first-order valence-corrected chi connectivity index (χ1v) is 11.2. The number of aromatic nitrogens is 1. The second-order valence-electron chi connectivity index (χ2n) is 7.64. The zero-order chi connectivity index (χ0) is 22.5. The van der Waals surface area contributed by atoms with Crippen molar-refractivity contribution < 1.29 is 19.1 Å². The van der Waals surface area contributed by atoms with Gasteiger partial charge in [-0.05, 0) is 31.0 Å². The molecule has 2 heterocycles. The van der Waals surface area contributed by atoms with Gasteiger partial charge < -0.3 is 9.64 Å². The number of ether oxygens (including phenoxy) is 1. The molecule has 4 rings (SSSR count). The Morgan fingerprint density at radius 3 is 2.56 bits per heavy atom. The van der Waals surface area contributed by atoms with Crippen LogP contribution in [-0.2, 0) is 20.9 Å². The molecule has 8 heteroatoms. The van der Waals surface area contributed by atoms with Gasteiger partial charge in [-0.25, -0.2) is 9.78 Å². The van der Waals surface area contributed by atoms with Gasteiger partial charge in [-0.2, -0.15) is 0 Å². The molecular weight excluding hydrogens is 426 g/mol. The van der Waals surface area contributed by atoms with Crippen LogP contribution >= 0.6 is 11.3 Å². The summed E-state index contributed by atoms with van der Waals surface area (Å²) in [4.78, 5) is 42.4. The number of hydrogen-bond donors (Lipinski definition) is 1. The fourth-order valence-corrected chi connectivity index (χ4v) is 4.13. The van der Waals surface area contributed by atoms with Crippen molar-refractivity contribution in [3.63, 3.8) is 0 Å². The predicted molar refractivity (Wildman–Crippen MR) is 122 cm³/mol. The molecule has 0 unspecified atom stereocenters. The van der Waals surface area contributed by atoms with E-state index in [1.807, 2.05) is 36.6 Å². The minimum Gasteiger partial charge on any atom is -0.452 e. The first kappa shape index (κ1) is 21.7. The van der Waals surface area contributed by atoms with E-state index in [4.69, 9.17) is 4.74 Å². The fourth-order valence-electron chi connectivity index (χ4n) is 3.40. The molecule has 2 amide bonds. The van der Waals surface area contributed by atoms with Crippen molar-refractivity contribution in [2.24, 2.45) is 0 Å². The zero-order valence-electron chi connectivity index (χ0n) is 17.7. The lowest BCUT2D eigenvalue weighted by Crippen LogP contribution is -2.23. The Kier molecular flexibility index (Phi) is 6.61. The molecule has 7 nitrogen and oxygen atoms in total. The Morgan fingerprint density at radius 2 is 1.88 bits per heavy atom. The van der Waals surface area contributed by atoms with Crippen LogP contribution in [0.2, 0.25) is 0 Å². The number of esters is 1. The average molecular weight is 450 g/mol. The Bertz CT molecular complexity index is 1120. The summed E-state index contributed by atoms with van der Waals surface area (Å²) in [6.45, 7) is 2.92. The van der Waals surface area contributed by atoms with E-state index in [0.717, 1.165) is 35.3 Å². The maximum Gasteiger partial charge on any atom is 0.338 e. The summed E-state index contributed by atoms with van der Waals surface area (Å²) in [6.07, 6.45) is 1.49. The number of anilines is 1. The van der Waals surface area contributed by atoms with Crippen LogP contribution in [0.1, 0.15) is 34.3 Å². The van der Waals surface area contributed by atoms with Crippen molar-refractivity contribution in [1.82, 2.24) is 9.88 Å². The highest BCUT2D eigenvalue weighted by atomic mass is 32.1. The van der Waals surface area contributed by atoms with Crippen LogP contribution in [0.5, 0.6) is 0 Å². The van der Waals surface area contributed by atoms with E-state index >= 15 is 0 Å². The van der Waals surface area contributed by atoms with Crippen LogP contribution in [0.4, 0.5) is 5.13 Å². The highest BCUT2D eigenvalue weighted by Gasteiger charge is 2.20. The van der Waals surface area contributed by atoms with Crippen molar-refractivity contribution in [3.05, 3.63) is 70.6 Å². The lowest BCUT2D eigenvalue weighted by atomic mass is 10.1. The normalized spacial score (nSPS) is 13.3. The van der Waals surface area contributed by atoms with Gasteiger partial charge in [0.1, 0.15) is 0 Å². The largest absolute Gasteiger partial charge is 0.452 e. The lowest BCUT2D eigenvalue weighted by Gasteiger charge is -2.15. The van der Waals surface area contributed by atoms with Crippen LogP contribution in [-0.4, -0.2) is 40.8 Å². The van der Waals surface area contributed by atoms with Crippen LogP contribution in [0, 0.1) is 6.92 Å². The molecule has 2 aromatic carbocycles. The molecular formula is C24H23N3O4S. The number of carbonyl (C=O) groups excluding carboxylic acids is 3. The van der Waals surface area contributed by atoms with Crippen molar-refractivity contribution in [3.8, 4) is 11.3 Å². The first-order valence-electron chi connectivity index (χ1n) is 10.3. The van der Waals surface area contributed by atoms with E-state index < -0.39 is 18.5 Å². The van der Waals surface area contributed by atoms with E-state index in [0.29, 0.717) is 23.7 Å². The number of rotatable bonds is 7. The van der Waals surface area contributed by atoms with Crippen molar-refractivity contribution in [1.29, 1.82) is 0 Å². The molecule has 1 saturated heterocycles. The molecule has 32 heavy (non-hydrogen) atoms. The number of aryl methyl sites for hydroxylation is 1. The quantitative estimate of drug-likeness (QED) is 0.550. The molecule has 0 spiro atoms. The van der Waals surface area contributed by atoms with Gasteiger partial charge in [0.25, 0.3) is 5.91 Å². The van der Waals surface area contributed by atoms with E-state index in [1.165, 1.54) is 11.3 Å². The van der Waals surface area contributed by atoms with Crippen molar-refractivity contribution in [2.75, 3.05) is 18.5 Å². The summed E-state index contributed by atoms with van der Waals surface area (Å²) >= 11 is 1.31. The number of likely N-dealkylation sites (tertiary alicyclic amines) is 1. The number of hydrogen-bond acceptors (Lipinski definition) is 6. The van der Waals surface area contributed by atoms with E-state index in [-0.39, 0.29) is 5.91 Å². The summed E-state index contributed by atoms with van der Waals surface area (Å²) in [5.41, 5.74) is 4.21. The monoisotopic (exact) mass is 449 g/mol. The molecule has 1 N–H and O–H groups in total. The predicted octanol–water partition coefficient (Wildman–Crippen LogP) is 4.04. The molecule has 0 radical (unpaired) electrons. The number of benzene rings is 2. The molecule has 0 bridgehead atoms. The number of nitrogens with zero attached hydrogens (tertiary/aromatic N) is 2. The molecule has 1 aliphatic heterocycles. The van der Waals surface area contributed by atoms with Gasteiger partial charge in [0, 0.05) is 30.5 Å². The number of amides is 2. The van der Waals surface area contributed by atoms with Crippen LogP contribution in [0.3, 0.4) is 0 Å². The highest BCUT2D eigenvalue weighted by molar-refractivity contribution is 7.14. The van der Waals surface area contributed by atoms with Gasteiger partial charge in [-0.3, -0.25) is 14.9 Å². The number of thiazole rings is 1. The van der Waals surface area contributed by atoms with E-state index in [9.17, 15) is 14.4 Å². The molecule has 164 valence electrons. The maximum absolute atomic E-state index is 12.2. The first-order chi connectivity index (χ1) is 15.5. The van der Waals surface area contributed by atoms with E-state index in [1.54, 1.807) is 29.2 Å². The van der Waals surface area contributed by atoms with Crippen molar-refractivity contribution in [2.45, 2.75) is 26.3 Å². The second-order valence-corrected chi connectivity index (χ2v) is 8.50. The molecule has 1 fully saturated rings. The van der Waals surface area contributed by atoms with Gasteiger partial charge in [0.15, 0.2) is 11.7 Å². The SMILES string of the molecule is Cc1ccc(-c2csc(NC(=O)COC(=O)c3ccc(CN4CCCC4=O)cc3)n2)cc1. The minimum absolute atomic E-state index is 0.158. The minimum atomic E-state index is -0.580. The summed E-state index contributed by atoms with van der Waals surface area (Å²) in [5, 5.41) is 4.97. The van der Waals surface area contributed by atoms with Gasteiger partial charge in [0.05, 0.1) is 11.3 Å². The third-order valence-corrected chi connectivity index (χ3v) is 5.92. The number of nitrogens with one attached hydrogen (secondary N) is 1. The van der Waals surface area contributed by atoms with Crippen molar-refractivity contribution >= 4 is 34.3 Å². The van der Waals surface area contributed by atoms with Gasteiger partial charge in [0.2, 0.25) is 5.91 Å². The summed E-state index contributed by atoms with van der Waals surface area (Å²) in [6, 6.07) is 14.8. The maximum atomic E-state index is 12.2. The second kappa shape index (κ2) is 9.74. The number of carbonyl (C=O) groups is 3. The fraction of sp³-hybridized carbons (Fsp3) is 0.250. The molecule has 0 saturated carbocycles. The van der Waals surface area contributed by atoms with Gasteiger partial charge >= 0.3 is 5.97 Å². The van der Waals surface area contributed by atoms with Crippen LogP contribution in [0.15, 0.2) is 53.9 Å². The topological polar surface area (TPSA) is 88.6 Å². The Labute approximate surface area is 190 Å². The third kappa shape index (κ3) is 5.39. The highest BCUT2D eigenvalue weighted by Crippen LogP contribution is 2.25. The van der Waals surface area contributed by atoms with E-state index in [2.05, 4.69) is 10.3 Å². The summed E-state index contributed by atoms with van der Waals surface area (Å²) in [7, 11) is 0. The molecule has 3 aromatic rings. The zero-order valence-corrected chi connectivity index (χ0v) is 18.5. The average Bonchev–Trinajstić information content (AvgIpc) is 3.42. The van der Waals surface area contributed by atoms with Crippen LogP contribution < -0.4 is 5.32 Å². The summed E-state index contributed by atoms with van der Waals surface area (Å²) < 4.78 is 5.12. The lowest BCUT2D eigenvalue weighted by molar-refractivity contribution is -0.128. The van der Waals surface area contributed by atoms with Crippen LogP contribution in [0.25, 0.3) is 11.3 Å². The van der Waals surface area contributed by atoms with Gasteiger partial charge in [-0.1, -0.05) is 42.0 Å². The smallest absolute Gasteiger partial charge is 0.338 e. The Balaban J connectivity index is 1.26. The molecule has 0 aliphatic carbocycles. The molecule has 1 aliphatic rings. The molecule has 0 atom stereocenters. The molecule has 1 aromatic heterocycles. The Hall–Kier alpha value is -3.52. The Morgan fingerprint density at radius 1 is 1.12 bits per heavy atom. The standard InChI is InChI=1S/C24H23N3O4S/c1-16-4-8-18(9-5-16)20-15-32-24(25-20)26-21(28)14-31-23(30)19-10-6-17(7-11-19)13-27-12-2-3-22(27)29/h4-11,15H,2-3,12-14H2,1H3,(H,25,26,28). The third-order valence-electron chi connectivity index (χ3n) is 5.17.